The van der Waals surface area contributed by atoms with Crippen LogP contribution in [0.3, 0.4) is 0 Å². The highest BCUT2D eigenvalue weighted by molar-refractivity contribution is 6.65. The molecule has 0 aliphatic heterocycles. The van der Waals surface area contributed by atoms with Crippen LogP contribution in [0.1, 0.15) is 23.5 Å². The second-order valence-electron chi connectivity index (χ2n) is 5.45. The van der Waals surface area contributed by atoms with Crippen molar-refractivity contribution in [1.29, 1.82) is 0 Å². The van der Waals surface area contributed by atoms with Gasteiger partial charge in [-0.1, -0.05) is 60.7 Å². The summed E-state index contributed by atoms with van der Waals surface area (Å²) in [6.07, 6.45) is 1.04. The minimum Gasteiger partial charge on any atom is -0.398 e. The Bertz CT molecular complexity index is 484. The Morgan fingerprint density at radius 1 is 0.810 bits per heavy atom. The van der Waals surface area contributed by atoms with Gasteiger partial charge in [-0.15, -0.1) is 0 Å². The number of hydrogen-bond donors (Lipinski definition) is 0. The smallest absolute Gasteiger partial charge is 0.334 e. The van der Waals surface area contributed by atoms with E-state index < -0.39 is 8.56 Å². The molecule has 0 aromatic heterocycles. The van der Waals surface area contributed by atoms with Gasteiger partial charge in [0.15, 0.2) is 0 Å². The molecule has 0 heterocycles. The fraction of sp³-hybridized carbons (Fsp3) is 0.333. The van der Waals surface area contributed by atoms with Crippen LogP contribution in [0.2, 0.25) is 12.6 Å². The number of benzene rings is 2. The van der Waals surface area contributed by atoms with Crippen LogP contribution in [0.4, 0.5) is 0 Å². The highest BCUT2D eigenvalue weighted by Gasteiger charge is 2.30. The predicted molar refractivity (Wildman–Crippen MR) is 89.8 cm³/mol. The molecule has 0 saturated carbocycles. The molecule has 0 N–H and O–H groups in total. The van der Waals surface area contributed by atoms with Gasteiger partial charge in [0.1, 0.15) is 0 Å². The Labute approximate surface area is 129 Å². The van der Waals surface area contributed by atoms with Gasteiger partial charge in [0.25, 0.3) is 0 Å². The van der Waals surface area contributed by atoms with Crippen molar-refractivity contribution >= 4 is 8.56 Å². The molecule has 2 aromatic rings. The lowest BCUT2D eigenvalue weighted by atomic mass is 9.89. The second-order valence-corrected chi connectivity index (χ2v) is 9.04. The van der Waals surface area contributed by atoms with Crippen molar-refractivity contribution in [2.45, 2.75) is 24.9 Å². The molecule has 0 atom stereocenters. The second kappa shape index (κ2) is 7.55. The molecule has 0 aliphatic rings. The van der Waals surface area contributed by atoms with Crippen LogP contribution in [-0.2, 0) is 8.85 Å². The SMILES string of the molecule is CO[Si](C)(CCC(c1ccccc1)c1ccccc1)OC. The van der Waals surface area contributed by atoms with E-state index in [1.165, 1.54) is 11.1 Å². The molecular formula is C18H24O2Si. The van der Waals surface area contributed by atoms with Gasteiger partial charge in [-0.3, -0.25) is 0 Å². The van der Waals surface area contributed by atoms with Crippen LogP contribution in [-0.4, -0.2) is 22.8 Å². The third-order valence-corrected chi connectivity index (χ3v) is 7.08. The molecule has 112 valence electrons. The molecule has 0 spiro atoms. The van der Waals surface area contributed by atoms with Crippen LogP contribution in [0.25, 0.3) is 0 Å². The zero-order chi connectivity index (χ0) is 15.1. The van der Waals surface area contributed by atoms with Crippen LogP contribution in [0.5, 0.6) is 0 Å². The summed E-state index contributed by atoms with van der Waals surface area (Å²) >= 11 is 0. The van der Waals surface area contributed by atoms with E-state index >= 15 is 0 Å². The maximum absolute atomic E-state index is 5.63. The summed E-state index contributed by atoms with van der Waals surface area (Å²) in [6.45, 7) is 2.13. The lowest BCUT2D eigenvalue weighted by molar-refractivity contribution is 0.248. The average Bonchev–Trinajstić information content (AvgIpc) is 2.57. The van der Waals surface area contributed by atoms with Crippen molar-refractivity contribution in [2.24, 2.45) is 0 Å². The van der Waals surface area contributed by atoms with Crippen LogP contribution < -0.4 is 0 Å². The van der Waals surface area contributed by atoms with Gasteiger partial charge >= 0.3 is 8.56 Å². The third-order valence-electron chi connectivity index (χ3n) is 4.15. The molecule has 0 unspecified atom stereocenters. The van der Waals surface area contributed by atoms with Crippen molar-refractivity contribution in [3.63, 3.8) is 0 Å². The summed E-state index contributed by atoms with van der Waals surface area (Å²) in [6, 6.07) is 22.3. The Kier molecular flexibility index (Phi) is 5.73. The van der Waals surface area contributed by atoms with Crippen molar-refractivity contribution in [3.8, 4) is 0 Å². The van der Waals surface area contributed by atoms with Gasteiger partial charge in [0.2, 0.25) is 0 Å². The quantitative estimate of drug-likeness (QED) is 0.697. The minimum absolute atomic E-state index is 0.393. The molecule has 21 heavy (non-hydrogen) atoms. The van der Waals surface area contributed by atoms with E-state index in [0.717, 1.165) is 12.5 Å². The Hall–Kier alpha value is -1.42. The molecule has 0 aliphatic carbocycles. The van der Waals surface area contributed by atoms with Gasteiger partial charge in [-0.05, 0) is 30.1 Å². The third kappa shape index (κ3) is 4.27. The molecule has 2 aromatic carbocycles. The summed E-state index contributed by atoms with van der Waals surface area (Å²) in [7, 11) is 1.49. The van der Waals surface area contributed by atoms with Crippen molar-refractivity contribution < 1.29 is 8.85 Å². The Morgan fingerprint density at radius 3 is 1.62 bits per heavy atom. The first-order chi connectivity index (χ1) is 10.2. The summed E-state index contributed by atoms with van der Waals surface area (Å²) in [5.41, 5.74) is 2.71. The van der Waals surface area contributed by atoms with Crippen molar-refractivity contribution in [2.75, 3.05) is 14.2 Å². The summed E-state index contributed by atoms with van der Waals surface area (Å²) in [5.74, 6) is 0.393. The number of hydrogen-bond acceptors (Lipinski definition) is 2. The molecule has 2 rings (SSSR count). The topological polar surface area (TPSA) is 18.5 Å². The highest BCUT2D eigenvalue weighted by atomic mass is 28.4. The average molecular weight is 300 g/mol. The lowest BCUT2D eigenvalue weighted by Gasteiger charge is -2.26. The largest absolute Gasteiger partial charge is 0.398 e. The van der Waals surface area contributed by atoms with E-state index in [0.29, 0.717) is 5.92 Å². The maximum Gasteiger partial charge on any atom is 0.334 e. The van der Waals surface area contributed by atoms with E-state index in [9.17, 15) is 0 Å². The lowest BCUT2D eigenvalue weighted by Crippen LogP contribution is -2.36. The zero-order valence-corrected chi connectivity index (χ0v) is 14.1. The van der Waals surface area contributed by atoms with Crippen LogP contribution in [0, 0.1) is 0 Å². The minimum atomic E-state index is -2.03. The van der Waals surface area contributed by atoms with Gasteiger partial charge in [-0.25, -0.2) is 0 Å². The molecule has 0 bridgehead atoms. The van der Waals surface area contributed by atoms with Gasteiger partial charge in [0, 0.05) is 20.1 Å². The molecule has 3 heteroatoms. The van der Waals surface area contributed by atoms with Gasteiger partial charge in [-0.2, -0.15) is 0 Å². The molecular weight excluding hydrogens is 276 g/mol. The fourth-order valence-corrected chi connectivity index (χ4v) is 3.98. The normalized spacial score (nSPS) is 11.8. The van der Waals surface area contributed by atoms with E-state index in [1.54, 1.807) is 14.2 Å². The molecule has 0 amide bonds. The fourth-order valence-electron chi connectivity index (χ4n) is 2.59. The van der Waals surface area contributed by atoms with Gasteiger partial charge < -0.3 is 8.85 Å². The van der Waals surface area contributed by atoms with E-state index in [4.69, 9.17) is 8.85 Å². The van der Waals surface area contributed by atoms with Crippen molar-refractivity contribution in [3.05, 3.63) is 71.8 Å². The standard InChI is InChI=1S/C18H24O2Si/c1-19-21(3,20-2)15-14-18(16-10-6-4-7-11-16)17-12-8-5-9-13-17/h4-13,18H,14-15H2,1-3H3. The predicted octanol–water partition coefficient (Wildman–Crippen LogP) is 4.57. The highest BCUT2D eigenvalue weighted by Crippen LogP contribution is 2.31. The molecule has 2 nitrogen and oxygen atoms in total. The summed E-state index contributed by atoms with van der Waals surface area (Å²) < 4.78 is 11.3. The molecule has 0 saturated heterocycles. The zero-order valence-electron chi connectivity index (χ0n) is 13.1. The summed E-state index contributed by atoms with van der Waals surface area (Å²) in [5, 5.41) is 0. The molecule has 0 fully saturated rings. The van der Waals surface area contributed by atoms with E-state index in [-0.39, 0.29) is 0 Å². The van der Waals surface area contributed by atoms with Crippen molar-refractivity contribution in [1.82, 2.24) is 0 Å². The van der Waals surface area contributed by atoms with Crippen LogP contribution >= 0.6 is 0 Å². The first-order valence-electron chi connectivity index (χ1n) is 7.39. The van der Waals surface area contributed by atoms with Gasteiger partial charge in [0.05, 0.1) is 0 Å². The summed E-state index contributed by atoms with van der Waals surface area (Å²) in [4.78, 5) is 0. The Balaban J connectivity index is 2.22. The van der Waals surface area contributed by atoms with E-state index in [1.807, 2.05) is 0 Å². The van der Waals surface area contributed by atoms with Crippen LogP contribution in [0.15, 0.2) is 60.7 Å². The first-order valence-corrected chi connectivity index (χ1v) is 9.91. The number of rotatable bonds is 7. The monoisotopic (exact) mass is 300 g/mol. The Morgan fingerprint density at radius 2 is 1.24 bits per heavy atom. The maximum atomic E-state index is 5.63. The first kappa shape index (κ1) is 16.0. The molecule has 0 radical (unpaired) electrons. The van der Waals surface area contributed by atoms with E-state index in [2.05, 4.69) is 67.2 Å².